The summed E-state index contributed by atoms with van der Waals surface area (Å²) >= 11 is 0. The Morgan fingerprint density at radius 1 is 0.647 bits per heavy atom. The number of benzene rings is 5. The molecule has 5 aromatic rings. The summed E-state index contributed by atoms with van der Waals surface area (Å²) in [7, 11) is 3.42. The van der Waals surface area contributed by atoms with Gasteiger partial charge in [0.2, 0.25) is 0 Å². The third-order valence-electron chi connectivity index (χ3n) is 9.06. The van der Waals surface area contributed by atoms with Crippen LogP contribution in [0.15, 0.2) is 110 Å². The van der Waals surface area contributed by atoms with Crippen LogP contribution in [0.25, 0.3) is 21.9 Å². The van der Waals surface area contributed by atoms with Crippen LogP contribution in [0.2, 0.25) is 0 Å². The zero-order valence-electron chi connectivity index (χ0n) is 29.2. The maximum Gasteiger partial charge on any atom is 0.330 e. The largest absolute Gasteiger partial charge is 0.496 e. The third-order valence-corrected chi connectivity index (χ3v) is 9.06. The number of ether oxygens (including phenoxy) is 6. The van der Waals surface area contributed by atoms with Gasteiger partial charge >= 0.3 is 11.9 Å². The number of esters is 2. The molecule has 0 saturated carbocycles. The third kappa shape index (κ3) is 6.53. The summed E-state index contributed by atoms with van der Waals surface area (Å²) < 4.78 is 34.3. The summed E-state index contributed by atoms with van der Waals surface area (Å²) in [6.45, 7) is 11.6. The van der Waals surface area contributed by atoms with Crippen LogP contribution in [0.3, 0.4) is 0 Å². The molecule has 0 saturated heterocycles. The van der Waals surface area contributed by atoms with E-state index in [0.717, 1.165) is 78.9 Å². The van der Waals surface area contributed by atoms with Gasteiger partial charge in [-0.15, -0.1) is 0 Å². The lowest BCUT2D eigenvalue weighted by Crippen LogP contribution is -2.29. The topological polar surface area (TPSA) is 89.5 Å². The van der Waals surface area contributed by atoms with E-state index in [-0.39, 0.29) is 26.4 Å². The van der Waals surface area contributed by atoms with Crippen molar-refractivity contribution in [2.45, 2.75) is 19.3 Å². The minimum atomic E-state index is -0.830. The maximum atomic E-state index is 11.5. The van der Waals surface area contributed by atoms with Crippen LogP contribution in [0.5, 0.6) is 23.0 Å². The van der Waals surface area contributed by atoms with Gasteiger partial charge in [0.15, 0.2) is 0 Å². The summed E-state index contributed by atoms with van der Waals surface area (Å²) in [4.78, 5) is 23.0. The molecule has 8 heteroatoms. The lowest BCUT2D eigenvalue weighted by atomic mass is 9.67. The Labute approximate surface area is 297 Å². The Morgan fingerprint density at radius 3 is 1.67 bits per heavy atom. The number of carbonyl (C=O) groups excluding carboxylic acids is 2. The zero-order chi connectivity index (χ0) is 36.1. The average molecular weight is 685 g/mol. The van der Waals surface area contributed by atoms with Crippen LogP contribution >= 0.6 is 0 Å². The van der Waals surface area contributed by atoms with Crippen LogP contribution in [0.4, 0.5) is 0 Å². The molecule has 0 spiro atoms. The normalized spacial score (nSPS) is 12.3. The standard InChI is InChI=1S/C43H40O8/c1-7-38(44)50-21-19-48-32-14-10-30(11-15-32)43(31-12-16-33(17-13-31)49-20-22-51-39(45)8-2)35-18-9-29-23-27(3)25-36(46-5)40(29)41(35)34-24-28(4)26-37(47-6)42(34)43/h7-18,23-26H,1-2,19-22H2,3-6H3. The van der Waals surface area contributed by atoms with Crippen molar-refractivity contribution >= 4 is 22.7 Å². The molecule has 0 amide bonds. The molecule has 260 valence electrons. The van der Waals surface area contributed by atoms with Gasteiger partial charge in [-0.1, -0.05) is 61.7 Å². The molecule has 1 aliphatic rings. The Bertz CT molecular complexity index is 2040. The Morgan fingerprint density at radius 2 is 1.16 bits per heavy atom. The van der Waals surface area contributed by atoms with Crippen molar-refractivity contribution in [1.82, 2.24) is 0 Å². The molecular weight excluding hydrogens is 644 g/mol. The predicted octanol–water partition coefficient (Wildman–Crippen LogP) is 8.05. The molecule has 5 aromatic carbocycles. The fourth-order valence-corrected chi connectivity index (χ4v) is 7.05. The fraction of sp³-hybridized carbons (Fsp3) is 0.209. The molecule has 0 bridgehead atoms. The van der Waals surface area contributed by atoms with Crippen molar-refractivity contribution < 1.29 is 38.0 Å². The number of aryl methyl sites for hydroxylation is 2. The van der Waals surface area contributed by atoms with Gasteiger partial charge in [-0.25, -0.2) is 9.59 Å². The van der Waals surface area contributed by atoms with E-state index in [2.05, 4.69) is 87.7 Å². The van der Waals surface area contributed by atoms with Gasteiger partial charge < -0.3 is 28.4 Å². The first-order valence-electron chi connectivity index (χ1n) is 16.6. The van der Waals surface area contributed by atoms with Gasteiger partial charge in [-0.3, -0.25) is 0 Å². The van der Waals surface area contributed by atoms with Gasteiger partial charge in [-0.05, 0) is 94.6 Å². The summed E-state index contributed by atoms with van der Waals surface area (Å²) in [5, 5.41) is 2.11. The molecule has 0 aromatic heterocycles. The number of carbonyl (C=O) groups is 2. The van der Waals surface area contributed by atoms with Crippen LogP contribution in [0, 0.1) is 13.8 Å². The summed E-state index contributed by atoms with van der Waals surface area (Å²) in [5.74, 6) is 1.83. The number of rotatable bonds is 14. The van der Waals surface area contributed by atoms with Crippen molar-refractivity contribution in [2.75, 3.05) is 40.6 Å². The first-order chi connectivity index (χ1) is 24.7. The summed E-state index contributed by atoms with van der Waals surface area (Å²) in [5.41, 5.74) is 7.55. The van der Waals surface area contributed by atoms with Crippen molar-refractivity contribution in [1.29, 1.82) is 0 Å². The first-order valence-corrected chi connectivity index (χ1v) is 16.6. The van der Waals surface area contributed by atoms with Gasteiger partial charge in [-0.2, -0.15) is 0 Å². The summed E-state index contributed by atoms with van der Waals surface area (Å²) in [6.07, 6.45) is 2.25. The van der Waals surface area contributed by atoms with E-state index in [4.69, 9.17) is 28.4 Å². The molecule has 0 heterocycles. The lowest BCUT2D eigenvalue weighted by Gasteiger charge is -2.35. The van der Waals surface area contributed by atoms with Crippen LogP contribution < -0.4 is 18.9 Å². The van der Waals surface area contributed by atoms with Gasteiger partial charge in [0.25, 0.3) is 0 Å². The molecule has 0 radical (unpaired) electrons. The minimum absolute atomic E-state index is 0.104. The minimum Gasteiger partial charge on any atom is -0.496 e. The summed E-state index contributed by atoms with van der Waals surface area (Å²) in [6, 6.07) is 28.9. The second-order valence-electron chi connectivity index (χ2n) is 12.2. The highest BCUT2D eigenvalue weighted by Crippen LogP contribution is 2.61. The van der Waals surface area contributed by atoms with Crippen molar-refractivity contribution in [3.8, 4) is 34.1 Å². The zero-order valence-corrected chi connectivity index (χ0v) is 29.2. The molecular formula is C43H40O8. The highest BCUT2D eigenvalue weighted by molar-refractivity contribution is 6.08. The van der Waals surface area contributed by atoms with Crippen LogP contribution in [0.1, 0.15) is 33.4 Å². The van der Waals surface area contributed by atoms with E-state index in [9.17, 15) is 9.59 Å². The molecule has 0 N–H and O–H groups in total. The average Bonchev–Trinajstić information content (AvgIpc) is 3.45. The Hall–Kier alpha value is -6.02. The van der Waals surface area contributed by atoms with Crippen LogP contribution in [-0.4, -0.2) is 52.6 Å². The van der Waals surface area contributed by atoms with Crippen molar-refractivity contribution in [3.63, 3.8) is 0 Å². The van der Waals surface area contributed by atoms with Crippen molar-refractivity contribution in [3.05, 3.63) is 144 Å². The molecule has 0 unspecified atom stereocenters. The fourth-order valence-electron chi connectivity index (χ4n) is 7.05. The number of hydrogen-bond acceptors (Lipinski definition) is 8. The van der Waals surface area contributed by atoms with Gasteiger partial charge in [0, 0.05) is 23.1 Å². The molecule has 0 atom stereocenters. The van der Waals surface area contributed by atoms with E-state index in [0.29, 0.717) is 11.5 Å². The molecule has 51 heavy (non-hydrogen) atoms. The van der Waals surface area contributed by atoms with E-state index in [1.54, 1.807) is 14.2 Å². The monoisotopic (exact) mass is 684 g/mol. The second-order valence-corrected chi connectivity index (χ2v) is 12.2. The Kier molecular flexibility index (Phi) is 10.1. The van der Waals surface area contributed by atoms with Crippen LogP contribution in [-0.2, 0) is 24.5 Å². The molecule has 0 fully saturated rings. The van der Waals surface area contributed by atoms with Gasteiger partial charge in [0.1, 0.15) is 49.4 Å². The van der Waals surface area contributed by atoms with E-state index >= 15 is 0 Å². The van der Waals surface area contributed by atoms with Gasteiger partial charge in [0.05, 0.1) is 19.6 Å². The molecule has 8 nitrogen and oxygen atoms in total. The Balaban J connectivity index is 1.54. The molecule has 6 rings (SSSR count). The smallest absolute Gasteiger partial charge is 0.330 e. The second kappa shape index (κ2) is 14.8. The predicted molar refractivity (Wildman–Crippen MR) is 197 cm³/mol. The molecule has 0 aliphatic heterocycles. The van der Waals surface area contributed by atoms with Crippen molar-refractivity contribution in [2.24, 2.45) is 0 Å². The SMILES string of the molecule is C=CC(=O)OCCOc1ccc(C2(c3ccc(OCCOC(=O)C=C)cc3)c3ccc4cc(C)cc(OC)c4c3-c3cc(C)cc(OC)c32)cc1. The highest BCUT2D eigenvalue weighted by Gasteiger charge is 2.49. The van der Waals surface area contributed by atoms with E-state index in [1.165, 1.54) is 0 Å². The highest BCUT2D eigenvalue weighted by atomic mass is 16.6. The molecule has 1 aliphatic carbocycles. The lowest BCUT2D eigenvalue weighted by molar-refractivity contribution is -0.139. The number of methoxy groups -OCH3 is 2. The van der Waals surface area contributed by atoms with E-state index < -0.39 is 17.4 Å². The maximum absolute atomic E-state index is 11.5. The van der Waals surface area contributed by atoms with E-state index in [1.807, 2.05) is 24.3 Å². The quantitative estimate of drug-likeness (QED) is 0.0647. The number of hydrogen-bond donors (Lipinski definition) is 0. The first kappa shape index (κ1) is 34.8. The number of fused-ring (bicyclic) bond motifs is 5.